The molecule has 0 bridgehead atoms. The zero-order valence-corrected chi connectivity index (χ0v) is 18.6. The van der Waals surface area contributed by atoms with Crippen molar-refractivity contribution in [2.45, 2.75) is 18.6 Å². The summed E-state index contributed by atoms with van der Waals surface area (Å²) in [5.41, 5.74) is 2.77. The van der Waals surface area contributed by atoms with Crippen molar-refractivity contribution in [3.63, 3.8) is 0 Å². The molecule has 34 heavy (non-hydrogen) atoms. The molecule has 0 aliphatic heterocycles. The number of aliphatic hydroxyl groups is 1. The Labute approximate surface area is 196 Å². The van der Waals surface area contributed by atoms with E-state index in [2.05, 4.69) is 0 Å². The number of hydrogen-bond acceptors (Lipinski definition) is 4. The molecule has 0 amide bonds. The van der Waals surface area contributed by atoms with Crippen molar-refractivity contribution in [3.05, 3.63) is 142 Å². The van der Waals surface area contributed by atoms with Crippen LogP contribution >= 0.6 is 0 Å². The lowest BCUT2D eigenvalue weighted by Gasteiger charge is -2.37. The SMILES string of the molecule is CC(O)c1cc2cnn(C(c3ccccc3)(c3ccccc3)c3ccccc3)c2cc1[N+](=O)[O-]. The fraction of sp³-hybridized carbons (Fsp3) is 0.107. The summed E-state index contributed by atoms with van der Waals surface area (Å²) in [6.07, 6.45) is 0.726. The van der Waals surface area contributed by atoms with Crippen LogP contribution in [0, 0.1) is 10.1 Å². The van der Waals surface area contributed by atoms with E-state index in [1.165, 1.54) is 13.0 Å². The zero-order chi connectivity index (χ0) is 23.7. The van der Waals surface area contributed by atoms with Crippen molar-refractivity contribution in [2.24, 2.45) is 0 Å². The van der Waals surface area contributed by atoms with Gasteiger partial charge in [0.25, 0.3) is 5.69 Å². The lowest BCUT2D eigenvalue weighted by atomic mass is 9.77. The average Bonchev–Trinajstić information content (AvgIpc) is 3.29. The molecule has 1 N–H and O–H groups in total. The summed E-state index contributed by atoms with van der Waals surface area (Å²) in [5, 5.41) is 27.6. The highest BCUT2D eigenvalue weighted by atomic mass is 16.6. The molecule has 6 heteroatoms. The fourth-order valence-electron chi connectivity index (χ4n) is 4.75. The van der Waals surface area contributed by atoms with Gasteiger partial charge in [0.1, 0.15) is 5.54 Å². The molecule has 0 fully saturated rings. The highest BCUT2D eigenvalue weighted by molar-refractivity contribution is 5.84. The third-order valence-corrected chi connectivity index (χ3v) is 6.26. The summed E-state index contributed by atoms with van der Waals surface area (Å²) in [7, 11) is 0. The molecule has 0 aliphatic rings. The van der Waals surface area contributed by atoms with Crippen molar-refractivity contribution in [3.8, 4) is 0 Å². The topological polar surface area (TPSA) is 81.2 Å². The molecule has 1 aromatic heterocycles. The third-order valence-electron chi connectivity index (χ3n) is 6.26. The maximum Gasteiger partial charge on any atom is 0.277 e. The second-order valence-electron chi connectivity index (χ2n) is 8.27. The summed E-state index contributed by atoms with van der Waals surface area (Å²) in [6.45, 7) is 1.53. The summed E-state index contributed by atoms with van der Waals surface area (Å²) < 4.78 is 1.86. The van der Waals surface area contributed by atoms with Crippen molar-refractivity contribution in [1.82, 2.24) is 9.78 Å². The first-order chi connectivity index (χ1) is 16.5. The van der Waals surface area contributed by atoms with Gasteiger partial charge in [-0.3, -0.25) is 10.1 Å². The first-order valence-corrected chi connectivity index (χ1v) is 11.0. The maximum atomic E-state index is 11.9. The number of nitrogens with zero attached hydrogens (tertiary/aromatic N) is 3. The summed E-state index contributed by atoms with van der Waals surface area (Å²) in [4.78, 5) is 11.5. The Morgan fingerprint density at radius 1 is 0.853 bits per heavy atom. The lowest BCUT2D eigenvalue weighted by Crippen LogP contribution is -2.38. The number of nitro groups is 1. The Balaban J connectivity index is 1.94. The minimum atomic E-state index is -0.977. The van der Waals surface area contributed by atoms with E-state index >= 15 is 0 Å². The summed E-state index contributed by atoms with van der Waals surface area (Å²) >= 11 is 0. The van der Waals surface area contributed by atoms with Crippen LogP contribution in [-0.4, -0.2) is 19.8 Å². The van der Waals surface area contributed by atoms with Crippen LogP contribution in [0.3, 0.4) is 0 Å². The largest absolute Gasteiger partial charge is 0.388 e. The third kappa shape index (κ3) is 3.36. The summed E-state index contributed by atoms with van der Waals surface area (Å²) in [6, 6.07) is 33.2. The number of hydrogen-bond donors (Lipinski definition) is 1. The van der Waals surface area contributed by atoms with Gasteiger partial charge in [0.15, 0.2) is 0 Å². The van der Waals surface area contributed by atoms with E-state index in [0.29, 0.717) is 10.9 Å². The molecule has 1 atom stereocenters. The first kappa shape index (κ1) is 21.6. The molecule has 168 valence electrons. The first-order valence-electron chi connectivity index (χ1n) is 11.0. The fourth-order valence-corrected chi connectivity index (χ4v) is 4.75. The van der Waals surface area contributed by atoms with Crippen LogP contribution < -0.4 is 0 Å². The Morgan fingerprint density at radius 2 is 1.32 bits per heavy atom. The quantitative estimate of drug-likeness (QED) is 0.201. The van der Waals surface area contributed by atoms with Crippen LogP contribution in [0.5, 0.6) is 0 Å². The minimum Gasteiger partial charge on any atom is -0.388 e. The molecule has 1 heterocycles. The van der Waals surface area contributed by atoms with E-state index in [0.717, 1.165) is 16.7 Å². The molecular formula is C28H23N3O3. The van der Waals surface area contributed by atoms with Crippen molar-refractivity contribution in [2.75, 3.05) is 0 Å². The number of aromatic nitrogens is 2. The normalized spacial score (nSPS) is 12.5. The average molecular weight is 450 g/mol. The molecule has 0 saturated heterocycles. The van der Waals surface area contributed by atoms with Gasteiger partial charge in [0.05, 0.1) is 28.3 Å². The molecule has 0 saturated carbocycles. The predicted molar refractivity (Wildman–Crippen MR) is 132 cm³/mol. The van der Waals surface area contributed by atoms with Crippen molar-refractivity contribution < 1.29 is 10.0 Å². The predicted octanol–water partition coefficient (Wildman–Crippen LogP) is 5.84. The number of rotatable bonds is 6. The molecule has 0 aliphatic carbocycles. The monoisotopic (exact) mass is 449 g/mol. The van der Waals surface area contributed by atoms with Crippen molar-refractivity contribution in [1.29, 1.82) is 0 Å². The van der Waals surface area contributed by atoms with E-state index in [1.54, 1.807) is 12.3 Å². The smallest absolute Gasteiger partial charge is 0.277 e. The van der Waals surface area contributed by atoms with Crippen molar-refractivity contribution >= 4 is 16.6 Å². The molecule has 6 nitrogen and oxygen atoms in total. The molecular weight excluding hydrogens is 426 g/mol. The van der Waals surface area contributed by atoms with Crippen LogP contribution in [0.4, 0.5) is 5.69 Å². The van der Waals surface area contributed by atoms with E-state index in [-0.39, 0.29) is 11.3 Å². The molecule has 5 rings (SSSR count). The Bertz CT molecular complexity index is 1350. The van der Waals surface area contributed by atoms with E-state index < -0.39 is 16.6 Å². The minimum absolute atomic E-state index is 0.132. The molecule has 0 radical (unpaired) electrons. The van der Waals surface area contributed by atoms with Gasteiger partial charge in [-0.2, -0.15) is 5.10 Å². The Morgan fingerprint density at radius 3 is 1.74 bits per heavy atom. The molecule has 4 aromatic carbocycles. The number of aliphatic hydroxyl groups excluding tert-OH is 1. The van der Waals surface area contributed by atoms with Gasteiger partial charge in [-0.1, -0.05) is 91.0 Å². The van der Waals surface area contributed by atoms with Crippen LogP contribution in [0.25, 0.3) is 10.9 Å². The zero-order valence-electron chi connectivity index (χ0n) is 18.6. The van der Waals surface area contributed by atoms with Gasteiger partial charge in [0, 0.05) is 11.5 Å². The highest BCUT2D eigenvalue weighted by Crippen LogP contribution is 2.43. The van der Waals surface area contributed by atoms with Gasteiger partial charge in [-0.25, -0.2) is 4.68 Å². The van der Waals surface area contributed by atoms with E-state index in [1.807, 2.05) is 95.7 Å². The van der Waals surface area contributed by atoms with Gasteiger partial charge in [-0.15, -0.1) is 0 Å². The van der Waals surface area contributed by atoms with Crippen LogP contribution in [0.15, 0.2) is 109 Å². The van der Waals surface area contributed by atoms with Gasteiger partial charge in [-0.05, 0) is 29.7 Å². The van der Waals surface area contributed by atoms with E-state index in [9.17, 15) is 15.2 Å². The molecule has 5 aromatic rings. The number of fused-ring (bicyclic) bond motifs is 1. The second-order valence-corrected chi connectivity index (χ2v) is 8.27. The van der Waals surface area contributed by atoms with E-state index in [4.69, 9.17) is 5.10 Å². The Hall–Kier alpha value is -4.29. The molecule has 0 spiro atoms. The molecule has 1 unspecified atom stereocenters. The summed E-state index contributed by atoms with van der Waals surface area (Å²) in [5.74, 6) is 0. The van der Waals surface area contributed by atoms with Crippen LogP contribution in [0.2, 0.25) is 0 Å². The number of nitro benzene ring substituents is 1. The standard InChI is InChI=1S/C28H23N3O3/c1-20(32)25-17-21-19-29-30(26(21)18-27(25)31(33)34)28(22-11-5-2-6-12-22,23-13-7-3-8-14-23)24-15-9-4-10-16-24/h2-20,32H,1H3. The highest BCUT2D eigenvalue weighted by Gasteiger charge is 2.40. The van der Waals surface area contributed by atoms with Crippen LogP contribution in [-0.2, 0) is 5.54 Å². The van der Waals surface area contributed by atoms with Gasteiger partial charge < -0.3 is 5.11 Å². The maximum absolute atomic E-state index is 11.9. The van der Waals surface area contributed by atoms with Crippen LogP contribution in [0.1, 0.15) is 35.3 Å². The second kappa shape index (κ2) is 8.57. The number of benzene rings is 4. The lowest BCUT2D eigenvalue weighted by molar-refractivity contribution is -0.386. The van der Waals surface area contributed by atoms with Gasteiger partial charge >= 0.3 is 0 Å². The Kier molecular flexibility index (Phi) is 5.43. The van der Waals surface area contributed by atoms with Gasteiger partial charge in [0.2, 0.25) is 0 Å².